The molecule has 42 heavy (non-hydrogen) atoms. The Labute approximate surface area is 250 Å². The number of guanidine groups is 1. The minimum atomic E-state index is -0.415. The molecule has 4 N–H and O–H groups in total. The van der Waals surface area contributed by atoms with Gasteiger partial charge >= 0.3 is 0 Å². The van der Waals surface area contributed by atoms with E-state index in [1.165, 1.54) is 11.1 Å². The first-order chi connectivity index (χ1) is 20.0. The van der Waals surface area contributed by atoms with E-state index in [2.05, 4.69) is 158 Å². The Kier molecular flexibility index (Phi) is 7.09. The largest absolute Gasteiger partial charge is 0.383 e. The Morgan fingerprint density at radius 3 is 2.10 bits per heavy atom. The summed E-state index contributed by atoms with van der Waals surface area (Å²) in [7, 11) is 0. The fraction of sp³-hybridized carbons (Fsp3) is 0.424. The molecule has 3 aromatic rings. The van der Waals surface area contributed by atoms with E-state index in [0.717, 1.165) is 45.6 Å². The van der Waals surface area contributed by atoms with Gasteiger partial charge in [0.15, 0.2) is 12.6 Å². The molecule has 5 heterocycles. The predicted molar refractivity (Wildman–Crippen MR) is 177 cm³/mol. The molecule has 9 heteroatoms. The van der Waals surface area contributed by atoms with Crippen LogP contribution in [0.1, 0.15) is 58.2 Å². The molecular weight excluding hydrogens is 522 g/mol. The fourth-order valence-corrected chi connectivity index (χ4v) is 6.19. The Hall–Kier alpha value is -4.11. The average molecular weight is 568 g/mol. The van der Waals surface area contributed by atoms with Gasteiger partial charge in [0.2, 0.25) is 5.96 Å². The molecule has 0 fully saturated rings. The summed E-state index contributed by atoms with van der Waals surface area (Å²) in [4.78, 5) is 7.89. The third-order valence-corrected chi connectivity index (χ3v) is 8.12. The Bertz CT molecular complexity index is 1510. The lowest BCUT2D eigenvalue weighted by molar-refractivity contribution is 0.0756. The van der Waals surface area contributed by atoms with Gasteiger partial charge in [0.05, 0.1) is 11.4 Å². The molecular formula is C33H45N9. The van der Waals surface area contributed by atoms with Crippen LogP contribution in [0.25, 0.3) is 0 Å². The average Bonchev–Trinajstić information content (AvgIpc) is 3.01. The van der Waals surface area contributed by atoms with Crippen LogP contribution in [0.4, 0.5) is 34.1 Å². The number of nitrogens with one attached hydrogen (secondary N) is 4. The van der Waals surface area contributed by atoms with Crippen LogP contribution in [0, 0.1) is 20.8 Å². The maximum atomic E-state index is 5.53. The van der Waals surface area contributed by atoms with Crippen molar-refractivity contribution in [2.45, 2.75) is 93.0 Å². The summed E-state index contributed by atoms with van der Waals surface area (Å²) in [5.41, 5.74) is 13.9. The van der Waals surface area contributed by atoms with Gasteiger partial charge in [-0.1, -0.05) is 0 Å². The van der Waals surface area contributed by atoms with Gasteiger partial charge in [-0.2, -0.15) is 0 Å². The SMILES string of the molecule is Cc1cc(NC(C)C)ccc1NC1N=C2N(C(C)C)c3ccc(c(C)c3)NC3N1Nc1ccc(cc1C)N(C(C)C)N23. The summed E-state index contributed by atoms with van der Waals surface area (Å²) in [6.07, 6.45) is -0.716. The van der Waals surface area contributed by atoms with Crippen LogP contribution in [0.5, 0.6) is 0 Å². The smallest absolute Gasteiger partial charge is 0.227 e. The quantitative estimate of drug-likeness (QED) is 0.257. The maximum absolute atomic E-state index is 5.53. The topological polar surface area (TPSA) is 73.4 Å². The molecule has 0 radical (unpaired) electrons. The highest BCUT2D eigenvalue weighted by Gasteiger charge is 2.46. The van der Waals surface area contributed by atoms with E-state index in [0.29, 0.717) is 6.04 Å². The Morgan fingerprint density at radius 1 is 0.762 bits per heavy atom. The number of aliphatic imine (C=N–C) groups is 1. The van der Waals surface area contributed by atoms with Gasteiger partial charge in [0, 0.05) is 40.9 Å². The molecule has 222 valence electrons. The Balaban J connectivity index is 1.56. The van der Waals surface area contributed by atoms with Crippen LogP contribution in [0.2, 0.25) is 0 Å². The molecule has 0 saturated heterocycles. The fourth-order valence-electron chi connectivity index (χ4n) is 6.19. The number of rotatable bonds is 6. The van der Waals surface area contributed by atoms with Crippen LogP contribution in [-0.2, 0) is 0 Å². The molecule has 0 spiro atoms. The lowest BCUT2D eigenvalue weighted by atomic mass is 10.1. The van der Waals surface area contributed by atoms with Crippen molar-refractivity contribution in [3.05, 3.63) is 71.3 Å². The molecule has 3 atom stereocenters. The van der Waals surface area contributed by atoms with E-state index < -0.39 is 6.29 Å². The second-order valence-corrected chi connectivity index (χ2v) is 12.6. The zero-order chi connectivity index (χ0) is 29.9. The van der Waals surface area contributed by atoms with E-state index >= 15 is 0 Å². The zero-order valence-corrected chi connectivity index (χ0v) is 26.3. The van der Waals surface area contributed by atoms with Crippen LogP contribution in [0.15, 0.2) is 59.6 Å². The van der Waals surface area contributed by atoms with Crippen molar-refractivity contribution in [3.8, 4) is 0 Å². The maximum Gasteiger partial charge on any atom is 0.227 e. The number of hydrogen-bond donors (Lipinski definition) is 4. The van der Waals surface area contributed by atoms with Crippen molar-refractivity contribution in [2.75, 3.05) is 31.3 Å². The molecule has 3 unspecified atom stereocenters. The van der Waals surface area contributed by atoms with Crippen LogP contribution in [-0.4, -0.2) is 46.7 Å². The molecule has 5 aliphatic heterocycles. The van der Waals surface area contributed by atoms with Crippen molar-refractivity contribution < 1.29 is 0 Å². The second-order valence-electron chi connectivity index (χ2n) is 12.6. The number of nitrogens with zero attached hydrogens (tertiary/aromatic N) is 5. The van der Waals surface area contributed by atoms with Crippen molar-refractivity contribution in [3.63, 3.8) is 0 Å². The third kappa shape index (κ3) is 4.85. The molecule has 3 aromatic carbocycles. The monoisotopic (exact) mass is 567 g/mol. The molecule has 8 bridgehead atoms. The van der Waals surface area contributed by atoms with E-state index in [-0.39, 0.29) is 18.4 Å². The van der Waals surface area contributed by atoms with Gasteiger partial charge in [0.25, 0.3) is 0 Å². The third-order valence-electron chi connectivity index (χ3n) is 8.12. The van der Waals surface area contributed by atoms with Gasteiger partial charge in [0.1, 0.15) is 0 Å². The van der Waals surface area contributed by atoms with Crippen LogP contribution >= 0.6 is 0 Å². The minimum Gasteiger partial charge on any atom is -0.383 e. The lowest BCUT2D eigenvalue weighted by Gasteiger charge is -2.53. The highest BCUT2D eigenvalue weighted by Crippen LogP contribution is 2.38. The summed E-state index contributed by atoms with van der Waals surface area (Å²) in [5, 5.41) is 18.1. The van der Waals surface area contributed by atoms with Crippen molar-refractivity contribution in [1.29, 1.82) is 0 Å². The van der Waals surface area contributed by atoms with E-state index in [1.54, 1.807) is 0 Å². The highest BCUT2D eigenvalue weighted by molar-refractivity contribution is 5.99. The summed E-state index contributed by atoms with van der Waals surface area (Å²) in [6.45, 7) is 19.8. The van der Waals surface area contributed by atoms with Crippen LogP contribution in [0.3, 0.4) is 0 Å². The summed E-state index contributed by atoms with van der Waals surface area (Å²) >= 11 is 0. The first-order valence-electron chi connectivity index (χ1n) is 15.1. The number of fused-ring (bicyclic) bond motifs is 4. The van der Waals surface area contributed by atoms with E-state index in [9.17, 15) is 0 Å². The summed E-state index contributed by atoms with van der Waals surface area (Å²) in [6, 6.07) is 20.5. The molecule has 0 aliphatic carbocycles. The van der Waals surface area contributed by atoms with Gasteiger partial charge in [-0.3, -0.25) is 5.01 Å². The Morgan fingerprint density at radius 2 is 1.45 bits per heavy atom. The van der Waals surface area contributed by atoms with E-state index in [4.69, 9.17) is 4.99 Å². The number of hydrazine groups is 2. The number of hydrogen-bond acceptors (Lipinski definition) is 9. The lowest BCUT2D eigenvalue weighted by Crippen LogP contribution is -2.72. The zero-order valence-electron chi connectivity index (χ0n) is 26.3. The highest BCUT2D eigenvalue weighted by atomic mass is 15.8. The molecule has 9 nitrogen and oxygen atoms in total. The molecule has 5 aliphatic rings. The van der Waals surface area contributed by atoms with Crippen LogP contribution < -0.4 is 31.3 Å². The van der Waals surface area contributed by atoms with Gasteiger partial charge < -0.3 is 26.3 Å². The first kappa shape index (κ1) is 28.0. The van der Waals surface area contributed by atoms with Crippen molar-refractivity contribution in [1.82, 2.24) is 10.0 Å². The molecule has 0 saturated carbocycles. The van der Waals surface area contributed by atoms with Gasteiger partial charge in [-0.15, -0.1) is 5.01 Å². The number of benzene rings is 3. The van der Waals surface area contributed by atoms with Crippen molar-refractivity contribution >= 4 is 40.1 Å². The minimum absolute atomic E-state index is 0.168. The molecule has 0 aromatic heterocycles. The van der Waals surface area contributed by atoms with E-state index in [1.807, 2.05) is 0 Å². The molecule has 0 amide bonds. The predicted octanol–water partition coefficient (Wildman–Crippen LogP) is 6.90. The first-order valence-corrected chi connectivity index (χ1v) is 15.1. The summed E-state index contributed by atoms with van der Waals surface area (Å²) in [5.74, 6) is 0.886. The molecule has 8 rings (SSSR count). The van der Waals surface area contributed by atoms with Gasteiger partial charge in [-0.25, -0.2) is 10.0 Å². The standard InChI is InChI=1S/C33H45N9/c1-19(2)34-25-10-13-28(22(7)16-25)35-31-37-32-39(20(3)4)26-11-14-29(23(8)17-26)36-33-40(31)38-30-15-12-27(18-24(30)9)41(21(5)6)42(32)33/h10-21,31,33-36,38H,1-9H3. The number of aryl methyl sites for hydroxylation is 3. The van der Waals surface area contributed by atoms with Gasteiger partial charge in [-0.05, 0) is 134 Å². The second kappa shape index (κ2) is 10.6. The summed E-state index contributed by atoms with van der Waals surface area (Å²) < 4.78 is 0. The van der Waals surface area contributed by atoms with Crippen molar-refractivity contribution in [2.24, 2.45) is 4.99 Å². The normalized spacial score (nSPS) is 20.8. The number of anilines is 6.